The van der Waals surface area contributed by atoms with Gasteiger partial charge in [-0.3, -0.25) is 4.79 Å². The van der Waals surface area contributed by atoms with Gasteiger partial charge in [0.05, 0.1) is 0 Å². The van der Waals surface area contributed by atoms with Crippen LogP contribution < -0.4 is 0 Å². The van der Waals surface area contributed by atoms with Crippen molar-refractivity contribution in [3.05, 3.63) is 34.9 Å². The summed E-state index contributed by atoms with van der Waals surface area (Å²) in [4.78, 5) is 10.2. The molecule has 0 spiro atoms. The Labute approximate surface area is 99.9 Å². The standard InChI is InChI=1S/C15H24O/c1-13(2)7-5-8-14(3)9-6-10-15(4)11-12-16/h7-8,11-12H,5-6,9-10H2,1-4H3. The molecule has 0 aliphatic rings. The molecule has 0 bridgehead atoms. The van der Waals surface area contributed by atoms with Gasteiger partial charge in [-0.1, -0.05) is 28.9 Å². The van der Waals surface area contributed by atoms with Crippen molar-refractivity contribution in [1.29, 1.82) is 0 Å². The Bertz CT molecular complexity index is 289. The van der Waals surface area contributed by atoms with Crippen LogP contribution in [0.5, 0.6) is 0 Å². The molecule has 0 aliphatic carbocycles. The van der Waals surface area contributed by atoms with Crippen LogP contribution in [0.15, 0.2) is 34.9 Å². The maximum atomic E-state index is 10.2. The summed E-state index contributed by atoms with van der Waals surface area (Å²) >= 11 is 0. The molecule has 0 aromatic heterocycles. The summed E-state index contributed by atoms with van der Waals surface area (Å²) in [6, 6.07) is 0. The predicted octanol–water partition coefficient (Wildman–Crippen LogP) is 4.60. The molecule has 0 unspecified atom stereocenters. The van der Waals surface area contributed by atoms with Gasteiger partial charge in [0.2, 0.25) is 0 Å². The average molecular weight is 220 g/mol. The minimum absolute atomic E-state index is 0.868. The quantitative estimate of drug-likeness (QED) is 0.348. The number of hydrogen-bond donors (Lipinski definition) is 0. The lowest BCUT2D eigenvalue weighted by Crippen LogP contribution is -1.82. The molecule has 0 fully saturated rings. The smallest absolute Gasteiger partial charge is 0.142 e. The SMILES string of the molecule is CC(C)=CCC=C(C)CCCC(C)=CC=O. The van der Waals surface area contributed by atoms with E-state index in [9.17, 15) is 4.79 Å². The van der Waals surface area contributed by atoms with Crippen molar-refractivity contribution in [1.82, 2.24) is 0 Å². The number of aldehydes is 1. The number of allylic oxidation sites excluding steroid dienone is 6. The summed E-state index contributed by atoms with van der Waals surface area (Å²) in [7, 11) is 0. The molecule has 0 aliphatic heterocycles. The molecule has 16 heavy (non-hydrogen) atoms. The Morgan fingerprint density at radius 1 is 0.938 bits per heavy atom. The Balaban J connectivity index is 3.80. The summed E-state index contributed by atoms with van der Waals surface area (Å²) in [6.45, 7) is 8.43. The van der Waals surface area contributed by atoms with E-state index in [1.54, 1.807) is 6.08 Å². The Morgan fingerprint density at radius 3 is 2.12 bits per heavy atom. The molecule has 0 atom stereocenters. The fraction of sp³-hybridized carbons (Fsp3) is 0.533. The first-order valence-corrected chi connectivity index (χ1v) is 5.96. The van der Waals surface area contributed by atoms with E-state index < -0.39 is 0 Å². The Morgan fingerprint density at radius 2 is 1.56 bits per heavy atom. The van der Waals surface area contributed by atoms with Crippen molar-refractivity contribution in [2.75, 3.05) is 0 Å². The Hall–Kier alpha value is -1.11. The number of hydrogen-bond acceptors (Lipinski definition) is 1. The monoisotopic (exact) mass is 220 g/mol. The lowest BCUT2D eigenvalue weighted by molar-refractivity contribution is -0.104. The zero-order valence-electron chi connectivity index (χ0n) is 11.0. The van der Waals surface area contributed by atoms with Gasteiger partial charge in [0.15, 0.2) is 0 Å². The van der Waals surface area contributed by atoms with Gasteiger partial charge in [-0.2, -0.15) is 0 Å². The molecule has 0 N–H and O–H groups in total. The first-order valence-electron chi connectivity index (χ1n) is 5.96. The van der Waals surface area contributed by atoms with Gasteiger partial charge >= 0.3 is 0 Å². The molecular formula is C15H24O. The van der Waals surface area contributed by atoms with E-state index in [0.29, 0.717) is 0 Å². The van der Waals surface area contributed by atoms with E-state index in [1.165, 1.54) is 16.7 Å². The third kappa shape index (κ3) is 9.45. The van der Waals surface area contributed by atoms with Crippen LogP contribution in [0, 0.1) is 0 Å². The molecule has 1 nitrogen and oxygen atoms in total. The zero-order valence-corrected chi connectivity index (χ0v) is 11.0. The number of carbonyl (C=O) groups is 1. The van der Waals surface area contributed by atoms with E-state index >= 15 is 0 Å². The van der Waals surface area contributed by atoms with Crippen LogP contribution in [0.2, 0.25) is 0 Å². The summed E-state index contributed by atoms with van der Waals surface area (Å²) in [5.74, 6) is 0. The predicted molar refractivity (Wildman–Crippen MR) is 71.5 cm³/mol. The second-order valence-corrected chi connectivity index (χ2v) is 4.57. The topological polar surface area (TPSA) is 17.1 Å². The molecule has 0 aromatic carbocycles. The molecule has 0 aromatic rings. The van der Waals surface area contributed by atoms with Crippen LogP contribution in [0.25, 0.3) is 0 Å². The fourth-order valence-corrected chi connectivity index (χ4v) is 1.44. The zero-order chi connectivity index (χ0) is 12.4. The van der Waals surface area contributed by atoms with E-state index in [-0.39, 0.29) is 0 Å². The van der Waals surface area contributed by atoms with Crippen LogP contribution >= 0.6 is 0 Å². The highest BCUT2D eigenvalue weighted by molar-refractivity contribution is 5.65. The van der Waals surface area contributed by atoms with Gasteiger partial charge in [-0.05, 0) is 59.5 Å². The van der Waals surface area contributed by atoms with Gasteiger partial charge < -0.3 is 0 Å². The fourth-order valence-electron chi connectivity index (χ4n) is 1.44. The summed E-state index contributed by atoms with van der Waals surface area (Å²) in [6.07, 6.45) is 11.4. The van der Waals surface area contributed by atoms with Crippen molar-refractivity contribution in [3.8, 4) is 0 Å². The van der Waals surface area contributed by atoms with Crippen LogP contribution in [-0.4, -0.2) is 6.29 Å². The maximum Gasteiger partial charge on any atom is 0.142 e. The summed E-state index contributed by atoms with van der Waals surface area (Å²) < 4.78 is 0. The van der Waals surface area contributed by atoms with Crippen molar-refractivity contribution in [2.45, 2.75) is 53.4 Å². The van der Waals surface area contributed by atoms with E-state index in [4.69, 9.17) is 0 Å². The summed E-state index contributed by atoms with van der Waals surface area (Å²) in [5, 5.41) is 0. The van der Waals surface area contributed by atoms with E-state index in [1.807, 2.05) is 6.92 Å². The van der Waals surface area contributed by atoms with Crippen molar-refractivity contribution >= 4 is 6.29 Å². The van der Waals surface area contributed by atoms with Crippen molar-refractivity contribution in [2.24, 2.45) is 0 Å². The number of carbonyl (C=O) groups excluding carboxylic acids is 1. The Kier molecular flexibility index (Phi) is 8.51. The normalized spacial score (nSPS) is 12.5. The van der Waals surface area contributed by atoms with Gasteiger partial charge in [0.1, 0.15) is 6.29 Å². The molecule has 0 rings (SSSR count). The van der Waals surface area contributed by atoms with E-state index in [2.05, 4.69) is 32.9 Å². The molecule has 1 heteroatoms. The molecule has 0 heterocycles. The van der Waals surface area contributed by atoms with Crippen LogP contribution in [0.1, 0.15) is 53.4 Å². The van der Waals surface area contributed by atoms with Crippen molar-refractivity contribution < 1.29 is 4.79 Å². The molecule has 0 amide bonds. The van der Waals surface area contributed by atoms with Gasteiger partial charge in [-0.15, -0.1) is 0 Å². The van der Waals surface area contributed by atoms with Gasteiger partial charge in [0, 0.05) is 0 Å². The summed E-state index contributed by atoms with van der Waals surface area (Å²) in [5.41, 5.74) is 3.98. The lowest BCUT2D eigenvalue weighted by atomic mass is 10.1. The van der Waals surface area contributed by atoms with Gasteiger partial charge in [-0.25, -0.2) is 0 Å². The van der Waals surface area contributed by atoms with Crippen LogP contribution in [0.4, 0.5) is 0 Å². The second kappa shape index (κ2) is 9.14. The minimum Gasteiger partial charge on any atom is -0.299 e. The molecule has 0 saturated heterocycles. The minimum atomic E-state index is 0.868. The average Bonchev–Trinajstić information content (AvgIpc) is 2.17. The first kappa shape index (κ1) is 14.9. The highest BCUT2D eigenvalue weighted by Crippen LogP contribution is 2.12. The van der Waals surface area contributed by atoms with Crippen LogP contribution in [0.3, 0.4) is 0 Å². The van der Waals surface area contributed by atoms with Crippen molar-refractivity contribution in [3.63, 3.8) is 0 Å². The largest absolute Gasteiger partial charge is 0.299 e. The third-order valence-corrected chi connectivity index (χ3v) is 2.49. The van der Waals surface area contributed by atoms with E-state index in [0.717, 1.165) is 32.0 Å². The molecule has 0 saturated carbocycles. The van der Waals surface area contributed by atoms with Crippen LogP contribution in [-0.2, 0) is 4.79 Å². The highest BCUT2D eigenvalue weighted by atomic mass is 16.1. The molecule has 90 valence electrons. The third-order valence-electron chi connectivity index (χ3n) is 2.49. The number of rotatable bonds is 7. The highest BCUT2D eigenvalue weighted by Gasteiger charge is 1.92. The lowest BCUT2D eigenvalue weighted by Gasteiger charge is -2.01. The molecular weight excluding hydrogens is 196 g/mol. The first-order chi connectivity index (χ1) is 7.56. The molecule has 0 radical (unpaired) electrons. The maximum absolute atomic E-state index is 10.2. The second-order valence-electron chi connectivity index (χ2n) is 4.57. The van der Waals surface area contributed by atoms with Gasteiger partial charge in [0.25, 0.3) is 0 Å².